The van der Waals surface area contributed by atoms with Gasteiger partial charge in [-0.25, -0.2) is 8.42 Å². The summed E-state index contributed by atoms with van der Waals surface area (Å²) in [6, 6.07) is 32.0. The normalized spacial score (nSPS) is 12.7. The molecule has 0 aliphatic carbocycles. The lowest BCUT2D eigenvalue weighted by molar-refractivity contribution is -0.146. The highest BCUT2D eigenvalue weighted by Gasteiger charge is 2.29. The Hall–Kier alpha value is -3.79. The lowest BCUT2D eigenvalue weighted by Crippen LogP contribution is -2.46. The predicted octanol–water partition coefficient (Wildman–Crippen LogP) is 4.92. The van der Waals surface area contributed by atoms with Crippen LogP contribution in [0.2, 0.25) is 0 Å². The molecular formula is C31H29BrN2O5S. The minimum Gasteiger partial charge on any atom is -0.462 e. The lowest BCUT2D eigenvalue weighted by atomic mass is 10.1. The zero-order valence-electron chi connectivity index (χ0n) is 21.6. The van der Waals surface area contributed by atoms with Crippen molar-refractivity contribution < 1.29 is 22.7 Å². The number of benzene rings is 4. The second-order valence-corrected chi connectivity index (χ2v) is 11.7. The van der Waals surface area contributed by atoms with Crippen molar-refractivity contribution >= 4 is 37.8 Å². The molecule has 4 aromatic rings. The molecular weight excluding hydrogens is 592 g/mol. The Kier molecular flexibility index (Phi) is 10.2. The second kappa shape index (κ2) is 14.0. The van der Waals surface area contributed by atoms with Gasteiger partial charge in [-0.05, 0) is 64.2 Å². The molecule has 40 heavy (non-hydrogen) atoms. The van der Waals surface area contributed by atoms with E-state index in [4.69, 9.17) is 4.74 Å². The van der Waals surface area contributed by atoms with Crippen LogP contribution in [-0.2, 0) is 32.4 Å². The Morgan fingerprint density at radius 2 is 1.25 bits per heavy atom. The van der Waals surface area contributed by atoms with Crippen LogP contribution in [0.5, 0.6) is 0 Å². The van der Waals surface area contributed by atoms with E-state index in [9.17, 15) is 18.0 Å². The van der Waals surface area contributed by atoms with Crippen molar-refractivity contribution in [3.63, 3.8) is 0 Å². The van der Waals surface area contributed by atoms with Gasteiger partial charge in [0.1, 0.15) is 12.6 Å². The van der Waals surface area contributed by atoms with Gasteiger partial charge in [0.25, 0.3) is 5.91 Å². The molecule has 9 heteroatoms. The smallest absolute Gasteiger partial charge is 0.324 e. The molecule has 0 bridgehead atoms. The fourth-order valence-corrected chi connectivity index (χ4v) is 6.32. The van der Waals surface area contributed by atoms with Crippen molar-refractivity contribution in [2.24, 2.45) is 0 Å². The van der Waals surface area contributed by atoms with Crippen LogP contribution in [0.3, 0.4) is 0 Å². The van der Waals surface area contributed by atoms with Crippen LogP contribution in [-0.4, -0.2) is 39.0 Å². The molecule has 0 unspecified atom stereocenters. The van der Waals surface area contributed by atoms with Crippen LogP contribution in [0.4, 0.5) is 0 Å². The Labute approximate surface area is 242 Å². The Morgan fingerprint density at radius 1 is 0.725 bits per heavy atom. The SMILES string of the molecule is O=C(N[C@@H](COC(=O)[C@@H](Cc1ccccc1)NS(=O)(=O)c1ccccc1Br)Cc1ccccc1)c1ccccc1. The molecule has 206 valence electrons. The molecule has 0 saturated carbocycles. The van der Waals surface area contributed by atoms with Gasteiger partial charge in [-0.15, -0.1) is 0 Å². The van der Waals surface area contributed by atoms with Crippen LogP contribution in [0.25, 0.3) is 0 Å². The summed E-state index contributed by atoms with van der Waals surface area (Å²) in [6.45, 7) is -0.144. The van der Waals surface area contributed by atoms with E-state index in [1.54, 1.807) is 42.5 Å². The number of halogens is 1. The van der Waals surface area contributed by atoms with Gasteiger partial charge in [-0.1, -0.05) is 91.0 Å². The van der Waals surface area contributed by atoms with Crippen LogP contribution in [0.15, 0.2) is 125 Å². The molecule has 2 atom stereocenters. The zero-order chi connectivity index (χ0) is 28.4. The fourth-order valence-electron chi connectivity index (χ4n) is 4.13. The van der Waals surface area contributed by atoms with Crippen LogP contribution in [0.1, 0.15) is 21.5 Å². The van der Waals surface area contributed by atoms with E-state index in [2.05, 4.69) is 26.0 Å². The number of hydrogen-bond donors (Lipinski definition) is 2. The van der Waals surface area contributed by atoms with E-state index in [1.807, 2.05) is 66.7 Å². The minimum atomic E-state index is -4.06. The molecule has 0 aliphatic rings. The number of sulfonamides is 1. The maximum atomic E-state index is 13.4. The van der Waals surface area contributed by atoms with Gasteiger partial charge in [0.05, 0.1) is 10.9 Å². The van der Waals surface area contributed by atoms with Crippen molar-refractivity contribution in [1.82, 2.24) is 10.0 Å². The molecule has 7 nitrogen and oxygen atoms in total. The number of rotatable bonds is 12. The number of carbonyl (C=O) groups excluding carboxylic acids is 2. The van der Waals surface area contributed by atoms with Gasteiger partial charge in [-0.3, -0.25) is 9.59 Å². The quantitative estimate of drug-likeness (QED) is 0.219. The first-order valence-corrected chi connectivity index (χ1v) is 15.0. The highest BCUT2D eigenvalue weighted by Crippen LogP contribution is 2.22. The molecule has 0 aromatic heterocycles. The minimum absolute atomic E-state index is 0.0120. The molecule has 0 spiro atoms. The van der Waals surface area contributed by atoms with E-state index in [1.165, 1.54) is 6.07 Å². The number of ether oxygens (including phenoxy) is 1. The topological polar surface area (TPSA) is 102 Å². The van der Waals surface area contributed by atoms with E-state index in [0.29, 0.717) is 16.5 Å². The maximum Gasteiger partial charge on any atom is 0.324 e. The number of hydrogen-bond acceptors (Lipinski definition) is 5. The van der Waals surface area contributed by atoms with Crippen LogP contribution in [0, 0.1) is 0 Å². The number of carbonyl (C=O) groups is 2. The predicted molar refractivity (Wildman–Crippen MR) is 157 cm³/mol. The van der Waals surface area contributed by atoms with E-state index in [0.717, 1.165) is 11.1 Å². The largest absolute Gasteiger partial charge is 0.462 e. The Balaban J connectivity index is 1.52. The average molecular weight is 622 g/mol. The van der Waals surface area contributed by atoms with E-state index < -0.39 is 28.1 Å². The summed E-state index contributed by atoms with van der Waals surface area (Å²) >= 11 is 3.27. The summed E-state index contributed by atoms with van der Waals surface area (Å²) in [5.74, 6) is -1.04. The summed E-state index contributed by atoms with van der Waals surface area (Å²) in [4.78, 5) is 26.3. The lowest BCUT2D eigenvalue weighted by Gasteiger charge is -2.22. The van der Waals surface area contributed by atoms with Crippen LogP contribution < -0.4 is 10.0 Å². The van der Waals surface area contributed by atoms with E-state index in [-0.39, 0.29) is 23.8 Å². The molecule has 0 aliphatic heterocycles. The number of amides is 1. The van der Waals surface area contributed by atoms with Crippen molar-refractivity contribution in [2.75, 3.05) is 6.61 Å². The Bertz CT molecular complexity index is 1520. The second-order valence-electron chi connectivity index (χ2n) is 9.15. The van der Waals surface area contributed by atoms with Crippen molar-refractivity contribution in [1.29, 1.82) is 0 Å². The van der Waals surface area contributed by atoms with Gasteiger partial charge >= 0.3 is 5.97 Å². The molecule has 0 saturated heterocycles. The molecule has 4 aromatic carbocycles. The number of esters is 1. The average Bonchev–Trinajstić information content (AvgIpc) is 2.97. The van der Waals surface area contributed by atoms with Gasteiger partial charge in [0.15, 0.2) is 0 Å². The first kappa shape index (κ1) is 29.2. The summed E-state index contributed by atoms with van der Waals surface area (Å²) in [5, 5.41) is 2.95. The third kappa shape index (κ3) is 8.35. The summed E-state index contributed by atoms with van der Waals surface area (Å²) in [5.41, 5.74) is 2.19. The first-order chi connectivity index (χ1) is 19.3. The van der Waals surface area contributed by atoms with E-state index >= 15 is 0 Å². The zero-order valence-corrected chi connectivity index (χ0v) is 24.0. The molecule has 0 radical (unpaired) electrons. The highest BCUT2D eigenvalue weighted by molar-refractivity contribution is 9.10. The third-order valence-corrected chi connectivity index (χ3v) is 8.60. The Morgan fingerprint density at radius 3 is 1.85 bits per heavy atom. The van der Waals surface area contributed by atoms with Gasteiger partial charge in [0, 0.05) is 10.0 Å². The standard InChI is InChI=1S/C31H29BrN2O5S/c32-27-18-10-11-19-29(27)40(37,38)34-28(21-24-14-6-2-7-15-24)31(36)39-22-26(20-23-12-4-1-5-13-23)33-30(35)25-16-8-3-9-17-25/h1-19,26,28,34H,20-22H2,(H,33,35)/t26-,28-/m1/s1. The summed E-state index contributed by atoms with van der Waals surface area (Å²) < 4.78 is 35.0. The fraction of sp³-hybridized carbons (Fsp3) is 0.161. The van der Waals surface area contributed by atoms with Gasteiger partial charge < -0.3 is 10.1 Å². The monoisotopic (exact) mass is 620 g/mol. The molecule has 1 amide bonds. The first-order valence-electron chi connectivity index (χ1n) is 12.7. The van der Waals surface area contributed by atoms with Crippen molar-refractivity contribution in [2.45, 2.75) is 29.8 Å². The van der Waals surface area contributed by atoms with Gasteiger partial charge in [-0.2, -0.15) is 4.72 Å². The third-order valence-electron chi connectivity index (χ3n) is 6.11. The summed E-state index contributed by atoms with van der Waals surface area (Å²) in [6.07, 6.45) is 0.502. The summed E-state index contributed by atoms with van der Waals surface area (Å²) in [7, 11) is -4.06. The van der Waals surface area contributed by atoms with Crippen molar-refractivity contribution in [3.8, 4) is 0 Å². The van der Waals surface area contributed by atoms with Crippen LogP contribution >= 0.6 is 15.9 Å². The maximum absolute atomic E-state index is 13.4. The molecule has 2 N–H and O–H groups in total. The van der Waals surface area contributed by atoms with Crippen molar-refractivity contribution in [3.05, 3.63) is 136 Å². The highest BCUT2D eigenvalue weighted by atomic mass is 79.9. The molecule has 4 rings (SSSR count). The molecule has 0 heterocycles. The number of nitrogens with one attached hydrogen (secondary N) is 2. The molecule has 0 fully saturated rings. The van der Waals surface area contributed by atoms with Gasteiger partial charge in [0.2, 0.25) is 10.0 Å².